The molecular weight excluding hydrogens is 214 g/mol. The molecule has 0 radical (unpaired) electrons. The van der Waals surface area contributed by atoms with Gasteiger partial charge in [0.05, 0.1) is 6.42 Å². The lowest BCUT2D eigenvalue weighted by Gasteiger charge is -2.57. The summed E-state index contributed by atoms with van der Waals surface area (Å²) in [7, 11) is 0. The van der Waals surface area contributed by atoms with Gasteiger partial charge in [0.25, 0.3) is 0 Å². The summed E-state index contributed by atoms with van der Waals surface area (Å²) >= 11 is 0. The molecule has 0 spiro atoms. The summed E-state index contributed by atoms with van der Waals surface area (Å²) in [5.41, 5.74) is 0.535. The van der Waals surface area contributed by atoms with Gasteiger partial charge in [-0.05, 0) is 61.7 Å². The zero-order valence-electron chi connectivity index (χ0n) is 10.5. The van der Waals surface area contributed by atoms with Crippen molar-refractivity contribution in [3.8, 4) is 0 Å². The van der Waals surface area contributed by atoms with E-state index in [1.807, 2.05) is 0 Å². The summed E-state index contributed by atoms with van der Waals surface area (Å²) in [6, 6.07) is 0. The quantitative estimate of drug-likeness (QED) is 0.721. The van der Waals surface area contributed by atoms with E-state index in [0.29, 0.717) is 12.0 Å². The highest BCUT2D eigenvalue weighted by molar-refractivity contribution is 5.66. The Bertz CT molecular complexity index is 278. The van der Waals surface area contributed by atoms with Crippen LogP contribution >= 0.6 is 0 Å². The lowest BCUT2D eigenvalue weighted by atomic mass is 9.49. The molecule has 0 atom stereocenters. The highest BCUT2D eigenvalue weighted by Crippen LogP contribution is 2.59. The van der Waals surface area contributed by atoms with Gasteiger partial charge in [0.15, 0.2) is 0 Å². The first-order valence-corrected chi connectivity index (χ1v) is 7.08. The van der Waals surface area contributed by atoms with Crippen molar-refractivity contribution in [1.82, 2.24) is 5.32 Å². The molecule has 0 aromatic rings. The smallest absolute Gasteiger partial charge is 0.304 e. The number of carboxylic acids is 1. The summed E-state index contributed by atoms with van der Waals surface area (Å²) < 4.78 is 0. The summed E-state index contributed by atoms with van der Waals surface area (Å²) in [6.07, 6.45) is 8.90. The summed E-state index contributed by atoms with van der Waals surface area (Å²) in [6.45, 7) is 1.70. The number of carboxylic acid groups (broad SMARTS) is 1. The minimum atomic E-state index is -0.692. The normalized spacial score (nSPS) is 42.9. The van der Waals surface area contributed by atoms with E-state index in [1.165, 1.54) is 38.5 Å². The molecule has 2 N–H and O–H groups in total. The van der Waals surface area contributed by atoms with Gasteiger partial charge in [-0.15, -0.1) is 0 Å². The molecule has 3 nitrogen and oxygen atoms in total. The molecule has 4 rings (SSSR count). The average Bonchev–Trinajstić information content (AvgIpc) is 2.22. The molecule has 0 unspecified atom stereocenters. The molecule has 4 bridgehead atoms. The lowest BCUT2D eigenvalue weighted by Crippen LogP contribution is -2.50. The van der Waals surface area contributed by atoms with Crippen LogP contribution in [-0.4, -0.2) is 24.2 Å². The second-order valence-corrected chi connectivity index (χ2v) is 6.74. The molecule has 0 amide bonds. The molecule has 0 aromatic carbocycles. The molecule has 3 heteroatoms. The number of nitrogens with one attached hydrogen (secondary N) is 1. The molecule has 0 aromatic heterocycles. The Hall–Kier alpha value is -0.570. The standard InChI is InChI=1S/C14H23NO2/c16-13(17)1-2-15-9-14-6-10-3-11(7-14)5-12(4-10)8-14/h10-12,15H,1-9H2,(H,16,17). The zero-order chi connectivity index (χ0) is 11.9. The Morgan fingerprint density at radius 3 is 2.12 bits per heavy atom. The van der Waals surface area contributed by atoms with Gasteiger partial charge >= 0.3 is 5.97 Å². The second-order valence-electron chi connectivity index (χ2n) is 6.74. The molecule has 4 aliphatic rings. The van der Waals surface area contributed by atoms with E-state index in [2.05, 4.69) is 5.32 Å². The summed E-state index contributed by atoms with van der Waals surface area (Å²) in [4.78, 5) is 10.5. The first-order chi connectivity index (χ1) is 8.15. The van der Waals surface area contributed by atoms with E-state index in [9.17, 15) is 4.79 Å². The maximum absolute atomic E-state index is 10.5. The Morgan fingerprint density at radius 1 is 1.12 bits per heavy atom. The average molecular weight is 237 g/mol. The molecule has 4 saturated carbocycles. The van der Waals surface area contributed by atoms with E-state index in [4.69, 9.17) is 5.11 Å². The van der Waals surface area contributed by atoms with Gasteiger partial charge in [-0.25, -0.2) is 0 Å². The van der Waals surface area contributed by atoms with Gasteiger partial charge in [-0.1, -0.05) is 0 Å². The topological polar surface area (TPSA) is 49.3 Å². The van der Waals surface area contributed by atoms with Crippen LogP contribution in [0.3, 0.4) is 0 Å². The first-order valence-electron chi connectivity index (χ1n) is 7.08. The predicted molar refractivity (Wildman–Crippen MR) is 65.7 cm³/mol. The van der Waals surface area contributed by atoms with Gasteiger partial charge in [0.2, 0.25) is 0 Å². The Kier molecular flexibility index (Phi) is 2.89. The van der Waals surface area contributed by atoms with E-state index < -0.39 is 5.97 Å². The van der Waals surface area contributed by atoms with Crippen molar-refractivity contribution >= 4 is 5.97 Å². The minimum absolute atomic E-state index is 0.256. The summed E-state index contributed by atoms with van der Waals surface area (Å²) in [5, 5.41) is 12.0. The third-order valence-electron chi connectivity index (χ3n) is 5.18. The van der Waals surface area contributed by atoms with E-state index in [0.717, 1.165) is 24.3 Å². The van der Waals surface area contributed by atoms with Crippen molar-refractivity contribution in [3.63, 3.8) is 0 Å². The molecule has 4 aliphatic carbocycles. The Morgan fingerprint density at radius 2 is 1.65 bits per heavy atom. The fourth-order valence-corrected chi connectivity index (χ4v) is 5.06. The first kappa shape index (κ1) is 11.5. The molecular formula is C14H23NO2. The van der Waals surface area contributed by atoms with Gasteiger partial charge in [0.1, 0.15) is 0 Å². The fourth-order valence-electron chi connectivity index (χ4n) is 5.06. The van der Waals surface area contributed by atoms with Crippen molar-refractivity contribution in [3.05, 3.63) is 0 Å². The van der Waals surface area contributed by atoms with Crippen molar-refractivity contribution in [2.24, 2.45) is 23.2 Å². The minimum Gasteiger partial charge on any atom is -0.481 e. The van der Waals surface area contributed by atoms with Crippen molar-refractivity contribution < 1.29 is 9.90 Å². The van der Waals surface area contributed by atoms with Crippen LogP contribution in [0.25, 0.3) is 0 Å². The number of aliphatic carboxylic acids is 1. The second kappa shape index (κ2) is 4.27. The zero-order valence-corrected chi connectivity index (χ0v) is 10.5. The van der Waals surface area contributed by atoms with Crippen LogP contribution in [0.1, 0.15) is 44.9 Å². The molecule has 96 valence electrons. The fraction of sp³-hybridized carbons (Fsp3) is 0.929. The van der Waals surface area contributed by atoms with Crippen molar-refractivity contribution in [2.45, 2.75) is 44.9 Å². The Labute approximate surface area is 103 Å². The van der Waals surface area contributed by atoms with Crippen LogP contribution in [0.2, 0.25) is 0 Å². The van der Waals surface area contributed by atoms with Crippen LogP contribution in [0.5, 0.6) is 0 Å². The van der Waals surface area contributed by atoms with Crippen LogP contribution in [0.4, 0.5) is 0 Å². The predicted octanol–water partition coefficient (Wildman–Crippen LogP) is 2.27. The molecule has 17 heavy (non-hydrogen) atoms. The number of rotatable bonds is 5. The highest BCUT2D eigenvalue weighted by atomic mass is 16.4. The lowest BCUT2D eigenvalue weighted by molar-refractivity contribution is -0.136. The van der Waals surface area contributed by atoms with Crippen LogP contribution in [0.15, 0.2) is 0 Å². The molecule has 4 fully saturated rings. The molecule has 0 heterocycles. The maximum atomic E-state index is 10.5. The van der Waals surface area contributed by atoms with Gasteiger partial charge in [0, 0.05) is 13.1 Å². The van der Waals surface area contributed by atoms with E-state index >= 15 is 0 Å². The van der Waals surface area contributed by atoms with Crippen molar-refractivity contribution in [1.29, 1.82) is 0 Å². The SMILES string of the molecule is O=C(O)CCNCC12CC3CC(CC(C3)C1)C2. The summed E-state index contributed by atoms with van der Waals surface area (Å²) in [5.74, 6) is 2.27. The number of hydrogen-bond donors (Lipinski definition) is 2. The van der Waals surface area contributed by atoms with Crippen LogP contribution < -0.4 is 5.32 Å². The van der Waals surface area contributed by atoms with Gasteiger partial charge in [-0.2, -0.15) is 0 Å². The number of hydrogen-bond acceptors (Lipinski definition) is 2. The molecule has 0 aliphatic heterocycles. The maximum Gasteiger partial charge on any atom is 0.304 e. The largest absolute Gasteiger partial charge is 0.481 e. The number of carbonyl (C=O) groups is 1. The monoisotopic (exact) mass is 237 g/mol. The van der Waals surface area contributed by atoms with Crippen LogP contribution in [-0.2, 0) is 4.79 Å². The van der Waals surface area contributed by atoms with E-state index in [1.54, 1.807) is 0 Å². The van der Waals surface area contributed by atoms with Gasteiger partial charge in [-0.3, -0.25) is 4.79 Å². The third-order valence-corrected chi connectivity index (χ3v) is 5.18. The van der Waals surface area contributed by atoms with Crippen LogP contribution in [0, 0.1) is 23.2 Å². The molecule has 0 saturated heterocycles. The highest BCUT2D eigenvalue weighted by Gasteiger charge is 2.50. The Balaban J connectivity index is 1.53. The van der Waals surface area contributed by atoms with E-state index in [-0.39, 0.29) is 6.42 Å². The van der Waals surface area contributed by atoms with Crippen molar-refractivity contribution in [2.75, 3.05) is 13.1 Å². The third kappa shape index (κ3) is 2.35. The van der Waals surface area contributed by atoms with Gasteiger partial charge < -0.3 is 10.4 Å².